The third-order valence-corrected chi connectivity index (χ3v) is 15.4. The fraction of sp³-hybridized carbons (Fsp3) is 0.197. The second-order valence-electron chi connectivity index (χ2n) is 19.1. The van der Waals surface area contributed by atoms with Crippen molar-refractivity contribution in [1.82, 2.24) is 24.1 Å². The van der Waals surface area contributed by atoms with Gasteiger partial charge in [-0.1, -0.05) is 127 Å². The van der Waals surface area contributed by atoms with Crippen molar-refractivity contribution in [1.29, 1.82) is 0 Å². The van der Waals surface area contributed by atoms with Gasteiger partial charge in [0.2, 0.25) is 0 Å². The average Bonchev–Trinajstić information content (AvgIpc) is 3.90. The quantitative estimate of drug-likeness (QED) is 0.173. The summed E-state index contributed by atoms with van der Waals surface area (Å²) in [5.74, 6) is 3.44. The lowest BCUT2D eigenvalue weighted by Crippen LogP contribution is -2.20. The fourth-order valence-corrected chi connectivity index (χ4v) is 12.2. The molecule has 66 heavy (non-hydrogen) atoms. The molecule has 0 N–H and O–H groups in total. The molecule has 0 spiro atoms. The Hall–Kier alpha value is -7.37. The largest absolute Gasteiger partial charge is 0.317 e. The van der Waals surface area contributed by atoms with Gasteiger partial charge >= 0.3 is 0 Å². The van der Waals surface area contributed by atoms with Crippen molar-refractivity contribution in [3.8, 4) is 28.5 Å². The van der Waals surface area contributed by atoms with E-state index in [0.29, 0.717) is 17.7 Å². The molecule has 3 atom stereocenters. The van der Waals surface area contributed by atoms with Gasteiger partial charge in [0, 0.05) is 62.4 Å². The summed E-state index contributed by atoms with van der Waals surface area (Å²) < 4.78 is 5.24. The summed E-state index contributed by atoms with van der Waals surface area (Å²) in [7, 11) is 0. The smallest absolute Gasteiger partial charge is 0.164 e. The third-order valence-electron chi connectivity index (χ3n) is 15.4. The number of fused-ring (bicyclic) bond motifs is 11. The van der Waals surface area contributed by atoms with Crippen LogP contribution in [0.4, 0.5) is 0 Å². The van der Waals surface area contributed by atoms with Crippen molar-refractivity contribution in [3.63, 3.8) is 0 Å². The van der Waals surface area contributed by atoms with E-state index >= 15 is 0 Å². The minimum absolute atomic E-state index is 0.0912. The topological polar surface area (TPSA) is 48.5 Å². The Kier molecular flexibility index (Phi) is 8.68. The molecule has 0 saturated carbocycles. The molecular weight excluding hydrogens is 803 g/mol. The Morgan fingerprint density at radius 3 is 2.39 bits per heavy atom. The van der Waals surface area contributed by atoms with Gasteiger partial charge in [0.05, 0.1) is 5.52 Å². The van der Waals surface area contributed by atoms with Crippen LogP contribution in [0.5, 0.6) is 0 Å². The zero-order valence-corrected chi connectivity index (χ0v) is 37.0. The highest BCUT2D eigenvalue weighted by Gasteiger charge is 2.35. The lowest BCUT2D eigenvalue weighted by Gasteiger charge is -2.31. The highest BCUT2D eigenvalue weighted by atomic mass is 15.0. The van der Waals surface area contributed by atoms with E-state index in [-0.39, 0.29) is 5.92 Å². The molecule has 0 radical (unpaired) electrons. The molecule has 0 aliphatic heterocycles. The van der Waals surface area contributed by atoms with Crippen LogP contribution in [-0.2, 0) is 25.7 Å². The molecule has 5 aromatic carbocycles. The number of rotatable bonds is 5. The van der Waals surface area contributed by atoms with Crippen molar-refractivity contribution in [3.05, 3.63) is 202 Å². The number of allylic oxidation sites excluding steroid dienone is 11. The highest BCUT2D eigenvalue weighted by Crippen LogP contribution is 2.47. The molecule has 3 unspecified atom stereocenters. The average molecular weight is 852 g/mol. The van der Waals surface area contributed by atoms with Crippen LogP contribution in [0.3, 0.4) is 0 Å². The monoisotopic (exact) mass is 851 g/mol. The normalized spacial score (nSPS) is 20.1. The second kappa shape index (κ2) is 15.1. The van der Waals surface area contributed by atoms with Crippen molar-refractivity contribution in [2.75, 3.05) is 0 Å². The van der Waals surface area contributed by atoms with Gasteiger partial charge in [-0.05, 0) is 150 Å². The van der Waals surface area contributed by atoms with E-state index in [1.54, 1.807) is 11.1 Å². The molecule has 6 aliphatic rings. The molecule has 3 heterocycles. The predicted octanol–water partition coefficient (Wildman–Crippen LogP) is 14.5. The van der Waals surface area contributed by atoms with Crippen LogP contribution in [0.1, 0.15) is 94.7 Å². The van der Waals surface area contributed by atoms with Gasteiger partial charge in [0.1, 0.15) is 5.82 Å². The number of hydrogen-bond acceptors (Lipinski definition) is 3. The van der Waals surface area contributed by atoms with Gasteiger partial charge in [0.25, 0.3) is 0 Å². The molecule has 318 valence electrons. The first-order valence-electron chi connectivity index (χ1n) is 24.2. The molecule has 5 heteroatoms. The zero-order chi connectivity index (χ0) is 43.3. The summed E-state index contributed by atoms with van der Waals surface area (Å²) >= 11 is 0. The van der Waals surface area contributed by atoms with Crippen LogP contribution in [0, 0.1) is 5.92 Å². The maximum absolute atomic E-state index is 5.30. The molecule has 14 rings (SSSR count). The van der Waals surface area contributed by atoms with Crippen molar-refractivity contribution >= 4 is 56.4 Å². The molecule has 0 bridgehead atoms. The first-order valence-corrected chi connectivity index (χ1v) is 24.2. The molecule has 8 aromatic rings. The summed E-state index contributed by atoms with van der Waals surface area (Å²) in [6, 6.07) is 33.9. The molecule has 3 aromatic heterocycles. The first-order chi connectivity index (χ1) is 32.7. The summed E-state index contributed by atoms with van der Waals surface area (Å²) in [6.07, 6.45) is 39.5. The van der Waals surface area contributed by atoms with Gasteiger partial charge in [-0.2, -0.15) is 0 Å². The number of benzene rings is 5. The van der Waals surface area contributed by atoms with Gasteiger partial charge in [-0.3, -0.25) is 0 Å². The first kappa shape index (κ1) is 38.0. The molecule has 0 fully saturated rings. The van der Waals surface area contributed by atoms with Crippen LogP contribution < -0.4 is 0 Å². The molecule has 0 amide bonds. The van der Waals surface area contributed by atoms with Gasteiger partial charge in [0.15, 0.2) is 11.6 Å². The molecular formula is C61H49N5. The maximum Gasteiger partial charge on any atom is 0.164 e. The maximum atomic E-state index is 5.30. The van der Waals surface area contributed by atoms with Crippen LogP contribution in [-0.4, -0.2) is 24.1 Å². The van der Waals surface area contributed by atoms with E-state index in [2.05, 4.69) is 179 Å². The van der Waals surface area contributed by atoms with Gasteiger partial charge in [-0.15, -0.1) is 0 Å². The number of hydrogen-bond donors (Lipinski definition) is 0. The van der Waals surface area contributed by atoms with Crippen LogP contribution in [0.2, 0.25) is 0 Å². The van der Waals surface area contributed by atoms with Crippen molar-refractivity contribution in [2.45, 2.75) is 69.6 Å². The van der Waals surface area contributed by atoms with Crippen LogP contribution in [0.15, 0.2) is 152 Å². The molecule has 5 nitrogen and oxygen atoms in total. The second-order valence-corrected chi connectivity index (χ2v) is 19.1. The fourth-order valence-electron chi connectivity index (χ4n) is 12.2. The Morgan fingerprint density at radius 1 is 0.576 bits per heavy atom. The molecule has 6 aliphatic carbocycles. The Morgan fingerprint density at radius 2 is 1.44 bits per heavy atom. The lowest BCUT2D eigenvalue weighted by molar-refractivity contribution is 0.489. The van der Waals surface area contributed by atoms with Crippen molar-refractivity contribution < 1.29 is 0 Å². The number of aromatic nitrogens is 5. The van der Waals surface area contributed by atoms with E-state index in [0.717, 1.165) is 74.1 Å². The number of aryl methyl sites for hydroxylation is 1. The van der Waals surface area contributed by atoms with E-state index in [1.807, 2.05) is 0 Å². The highest BCUT2D eigenvalue weighted by molar-refractivity contribution is 6.05. The number of nitrogens with zero attached hydrogens (tertiary/aromatic N) is 5. The van der Waals surface area contributed by atoms with E-state index in [1.165, 1.54) is 84.0 Å². The molecule has 0 saturated heterocycles. The minimum atomic E-state index is 0.0912. The summed E-state index contributed by atoms with van der Waals surface area (Å²) in [5, 5.41) is 6.29. The summed E-state index contributed by atoms with van der Waals surface area (Å²) in [6.45, 7) is 0. The Bertz CT molecular complexity index is 3600. The van der Waals surface area contributed by atoms with E-state index < -0.39 is 0 Å². The van der Waals surface area contributed by atoms with Crippen LogP contribution >= 0.6 is 0 Å². The summed E-state index contributed by atoms with van der Waals surface area (Å²) in [4.78, 5) is 15.8. The lowest BCUT2D eigenvalue weighted by atomic mass is 9.73. The van der Waals surface area contributed by atoms with E-state index in [4.69, 9.17) is 15.0 Å². The standard InChI is InChI=1S/C61H49N5/c1-2-15-41(16-3-1)59-62-60(44-26-25-38-13-4-5-17-42(38)33-44)64-61(63-59)50-22-12-18-40-27-30-47(37-52(40)50)66-54-23-10-8-20-49(54)53-35-45-34-46(31-28-43(45)36-57(53)66)65-55-24-11-9-21-51(55)58-48-19-7-6-14-39(48)29-32-56(58)65/h1-8,11-15,17-20,22,24-26,28,31,33-37,39,41,48H,9-10,16,21,23,27,29-30,32H2. The predicted molar refractivity (Wildman–Crippen MR) is 273 cm³/mol. The Labute approximate surface area is 385 Å². The minimum Gasteiger partial charge on any atom is -0.317 e. The summed E-state index contributed by atoms with van der Waals surface area (Å²) in [5.41, 5.74) is 17.4. The van der Waals surface area contributed by atoms with Crippen LogP contribution in [0.25, 0.3) is 84.8 Å². The van der Waals surface area contributed by atoms with Gasteiger partial charge < -0.3 is 9.13 Å². The Balaban J connectivity index is 0.899. The van der Waals surface area contributed by atoms with Crippen molar-refractivity contribution in [2.24, 2.45) is 5.92 Å². The van der Waals surface area contributed by atoms with Gasteiger partial charge in [-0.25, -0.2) is 15.0 Å². The zero-order valence-electron chi connectivity index (χ0n) is 37.0. The third kappa shape index (κ3) is 6.02. The SMILES string of the molecule is C1=CCC(c2nc(-c3ccc4ccccc4c3)nc(-c3cccc4c3C=C(n3c5c(c6cc7cc(-n8c9c(c%10c8CCC8C=CC=CC%108)CCC=C9)ccc7cc63)C=CCC5)CC4)n2)C=C1. The van der Waals surface area contributed by atoms with E-state index in [9.17, 15) is 0 Å².